The number of nitrogens with one attached hydrogen (secondary N) is 1. The summed E-state index contributed by atoms with van der Waals surface area (Å²) in [5, 5.41) is 11.9. The largest absolute Gasteiger partial charge is 0.366 e. The molecule has 2 aliphatic rings. The van der Waals surface area contributed by atoms with Crippen LogP contribution in [0.3, 0.4) is 0 Å². The van der Waals surface area contributed by atoms with Crippen LogP contribution in [0.1, 0.15) is 40.4 Å². The Morgan fingerprint density at radius 2 is 1.97 bits per heavy atom. The van der Waals surface area contributed by atoms with Crippen LogP contribution in [0.5, 0.6) is 0 Å². The lowest BCUT2D eigenvalue weighted by molar-refractivity contribution is 0.0214. The second-order valence-electron chi connectivity index (χ2n) is 8.83. The van der Waals surface area contributed by atoms with Gasteiger partial charge in [-0.2, -0.15) is 5.26 Å². The Kier molecular flexibility index (Phi) is 5.19. The number of urea groups is 1. The zero-order valence-corrected chi connectivity index (χ0v) is 18.1. The lowest BCUT2D eigenvalue weighted by Crippen LogP contribution is -2.67. The number of benzene rings is 2. The predicted octanol–water partition coefficient (Wildman–Crippen LogP) is 2.71. The first kappa shape index (κ1) is 20.9. The van der Waals surface area contributed by atoms with E-state index in [0.717, 1.165) is 24.9 Å². The Balaban J connectivity index is 1.67. The number of nitriles is 1. The fraction of sp³-hybridized carbons (Fsp3) is 0.375. The number of likely N-dealkylation sites (tertiary alicyclic amines) is 1. The van der Waals surface area contributed by atoms with Gasteiger partial charge in [0.1, 0.15) is 0 Å². The highest BCUT2D eigenvalue weighted by Crippen LogP contribution is 2.46. The number of hydrogen-bond donors (Lipinski definition) is 2. The van der Waals surface area contributed by atoms with Crippen LogP contribution in [0, 0.1) is 11.3 Å². The van der Waals surface area contributed by atoms with Crippen molar-refractivity contribution in [3.8, 4) is 6.07 Å². The fourth-order valence-corrected chi connectivity index (χ4v) is 5.27. The molecule has 7 nitrogen and oxygen atoms in total. The Bertz CT molecular complexity index is 1070. The Morgan fingerprint density at radius 1 is 1.26 bits per heavy atom. The molecule has 2 aromatic carbocycles. The number of amides is 3. The number of nitrogens with two attached hydrogens (primary N) is 1. The molecule has 0 saturated carbocycles. The van der Waals surface area contributed by atoms with Gasteiger partial charge in [0.2, 0.25) is 5.91 Å². The first-order chi connectivity index (χ1) is 14.7. The Hall–Kier alpha value is -3.37. The molecule has 1 heterocycles. The van der Waals surface area contributed by atoms with Crippen LogP contribution < -0.4 is 11.1 Å². The van der Waals surface area contributed by atoms with Crippen molar-refractivity contribution in [3.63, 3.8) is 0 Å². The van der Waals surface area contributed by atoms with E-state index in [1.165, 1.54) is 5.56 Å². The van der Waals surface area contributed by atoms with E-state index in [9.17, 15) is 9.59 Å². The lowest BCUT2D eigenvalue weighted by atomic mass is 9.61. The molecular weight excluding hydrogens is 390 g/mol. The van der Waals surface area contributed by atoms with Crippen molar-refractivity contribution in [3.05, 3.63) is 64.7 Å². The summed E-state index contributed by atoms with van der Waals surface area (Å²) in [6, 6.07) is 14.5. The SMILES string of the molecule is CN1CC[C@@]2(C)c3cc(C(N)=O)ccc3C[C@@H]1[C@H]2N(C)C(=O)Nc1ccc(C#N)cc1. The zero-order chi connectivity index (χ0) is 22.3. The fourth-order valence-electron chi connectivity index (χ4n) is 5.27. The molecule has 1 fully saturated rings. The number of nitrogens with zero attached hydrogens (tertiary/aromatic N) is 3. The summed E-state index contributed by atoms with van der Waals surface area (Å²) >= 11 is 0. The van der Waals surface area contributed by atoms with Gasteiger partial charge < -0.3 is 20.9 Å². The van der Waals surface area contributed by atoms with Crippen molar-refractivity contribution in [2.45, 2.75) is 37.3 Å². The topological polar surface area (TPSA) is 102 Å². The van der Waals surface area contributed by atoms with Gasteiger partial charge in [0.25, 0.3) is 0 Å². The molecule has 2 aromatic rings. The number of likely N-dealkylation sites (N-methyl/N-ethyl adjacent to an activating group) is 2. The normalized spacial score (nSPS) is 24.6. The third kappa shape index (κ3) is 3.53. The molecule has 4 rings (SSSR count). The molecule has 0 spiro atoms. The maximum absolute atomic E-state index is 13.2. The minimum Gasteiger partial charge on any atom is -0.366 e. The highest BCUT2D eigenvalue weighted by atomic mass is 16.2. The summed E-state index contributed by atoms with van der Waals surface area (Å²) in [5.41, 5.74) is 9.26. The molecule has 7 heteroatoms. The number of piperidine rings is 1. The molecule has 3 amide bonds. The average Bonchev–Trinajstić information content (AvgIpc) is 2.76. The van der Waals surface area contributed by atoms with Crippen LogP contribution in [-0.2, 0) is 11.8 Å². The van der Waals surface area contributed by atoms with Gasteiger partial charge in [-0.05, 0) is 74.0 Å². The first-order valence-corrected chi connectivity index (χ1v) is 10.4. The van der Waals surface area contributed by atoms with Gasteiger partial charge in [0, 0.05) is 29.8 Å². The summed E-state index contributed by atoms with van der Waals surface area (Å²) in [7, 11) is 3.93. The van der Waals surface area contributed by atoms with Crippen LogP contribution in [0.2, 0.25) is 0 Å². The van der Waals surface area contributed by atoms with Crippen LogP contribution in [0.4, 0.5) is 10.5 Å². The summed E-state index contributed by atoms with van der Waals surface area (Å²) in [5.74, 6) is -0.440. The van der Waals surface area contributed by atoms with Gasteiger partial charge in [0.05, 0.1) is 17.7 Å². The van der Waals surface area contributed by atoms with E-state index < -0.39 is 5.91 Å². The number of hydrogen-bond acceptors (Lipinski definition) is 4. The Morgan fingerprint density at radius 3 is 2.61 bits per heavy atom. The van der Waals surface area contributed by atoms with Crippen molar-refractivity contribution in [1.82, 2.24) is 9.80 Å². The summed E-state index contributed by atoms with van der Waals surface area (Å²) in [4.78, 5) is 29.1. The highest BCUT2D eigenvalue weighted by molar-refractivity contribution is 5.93. The van der Waals surface area contributed by atoms with Gasteiger partial charge in [-0.3, -0.25) is 4.79 Å². The number of carbonyl (C=O) groups excluding carboxylic acids is 2. The van der Waals surface area contributed by atoms with Crippen molar-refractivity contribution in [2.75, 3.05) is 26.0 Å². The third-order valence-electron chi connectivity index (χ3n) is 7.01. The molecule has 0 radical (unpaired) electrons. The maximum Gasteiger partial charge on any atom is 0.321 e. The number of rotatable bonds is 3. The second-order valence-corrected chi connectivity index (χ2v) is 8.83. The monoisotopic (exact) mass is 417 g/mol. The van der Waals surface area contributed by atoms with E-state index in [1.54, 1.807) is 35.2 Å². The molecule has 160 valence electrons. The van der Waals surface area contributed by atoms with E-state index in [1.807, 2.05) is 19.2 Å². The smallest absolute Gasteiger partial charge is 0.321 e. The predicted molar refractivity (Wildman–Crippen MR) is 119 cm³/mol. The quantitative estimate of drug-likeness (QED) is 0.801. The molecule has 0 aromatic heterocycles. The van der Waals surface area contributed by atoms with Gasteiger partial charge in [-0.1, -0.05) is 13.0 Å². The van der Waals surface area contributed by atoms with Crippen molar-refractivity contribution < 1.29 is 9.59 Å². The summed E-state index contributed by atoms with van der Waals surface area (Å²) in [6.45, 7) is 3.11. The molecule has 1 aliphatic heterocycles. The second kappa shape index (κ2) is 7.71. The Labute approximate surface area is 182 Å². The van der Waals surface area contributed by atoms with E-state index in [2.05, 4.69) is 30.3 Å². The minimum atomic E-state index is -0.440. The first-order valence-electron chi connectivity index (χ1n) is 10.4. The average molecular weight is 418 g/mol. The highest BCUT2D eigenvalue weighted by Gasteiger charge is 2.52. The van der Waals surface area contributed by atoms with Gasteiger partial charge in [0.15, 0.2) is 0 Å². The number of fused-ring (bicyclic) bond motifs is 4. The molecule has 3 atom stereocenters. The summed E-state index contributed by atoms with van der Waals surface area (Å²) < 4.78 is 0. The van der Waals surface area contributed by atoms with E-state index in [-0.39, 0.29) is 23.5 Å². The minimum absolute atomic E-state index is 0.0692. The number of primary amides is 1. The van der Waals surface area contributed by atoms with E-state index in [0.29, 0.717) is 16.8 Å². The van der Waals surface area contributed by atoms with Gasteiger partial charge in [-0.15, -0.1) is 0 Å². The number of anilines is 1. The summed E-state index contributed by atoms with van der Waals surface area (Å²) in [6.07, 6.45) is 1.67. The number of carbonyl (C=O) groups is 2. The van der Waals surface area contributed by atoms with E-state index in [4.69, 9.17) is 11.0 Å². The van der Waals surface area contributed by atoms with Crippen LogP contribution in [-0.4, -0.2) is 54.5 Å². The standard InChI is InChI=1S/C24H27N5O2/c1-24-10-11-28(2)20(13-16-6-7-17(22(26)30)12-19(16)24)21(24)29(3)23(31)27-18-8-4-15(14-25)5-9-18/h4-9,12,20-21H,10-11,13H2,1-3H3,(H2,26,30)(H,27,31)/t20-,21-,24+/m1/s1. The zero-order valence-electron chi connectivity index (χ0n) is 18.1. The van der Waals surface area contributed by atoms with Crippen molar-refractivity contribution in [2.24, 2.45) is 5.73 Å². The maximum atomic E-state index is 13.2. The molecule has 3 N–H and O–H groups in total. The van der Waals surface area contributed by atoms with Gasteiger partial charge >= 0.3 is 6.03 Å². The molecular formula is C24H27N5O2. The molecule has 1 aliphatic carbocycles. The lowest BCUT2D eigenvalue weighted by Gasteiger charge is -2.57. The van der Waals surface area contributed by atoms with Crippen molar-refractivity contribution >= 4 is 17.6 Å². The van der Waals surface area contributed by atoms with Crippen LogP contribution >= 0.6 is 0 Å². The molecule has 2 bridgehead atoms. The van der Waals surface area contributed by atoms with Gasteiger partial charge in [-0.25, -0.2) is 4.79 Å². The molecule has 1 saturated heterocycles. The molecule has 31 heavy (non-hydrogen) atoms. The van der Waals surface area contributed by atoms with E-state index >= 15 is 0 Å². The van der Waals surface area contributed by atoms with Crippen molar-refractivity contribution in [1.29, 1.82) is 5.26 Å². The third-order valence-corrected chi connectivity index (χ3v) is 7.01. The van der Waals surface area contributed by atoms with Crippen LogP contribution in [0.25, 0.3) is 0 Å². The van der Waals surface area contributed by atoms with Crippen LogP contribution in [0.15, 0.2) is 42.5 Å². The molecule has 0 unspecified atom stereocenters.